The van der Waals surface area contributed by atoms with Crippen LogP contribution in [0.1, 0.15) is 0 Å². The van der Waals surface area contributed by atoms with Gasteiger partial charge in [0, 0.05) is 47.4 Å². The number of hydrogen-bond donors (Lipinski definition) is 0. The van der Waals surface area contributed by atoms with Gasteiger partial charge in [-0.1, -0.05) is 115 Å². The Labute approximate surface area is 313 Å². The zero-order valence-corrected chi connectivity index (χ0v) is 29.7. The third-order valence-electron chi connectivity index (χ3n) is 11.1. The minimum Gasteiger partial charge on any atom is -0.456 e. The molecule has 3 aromatic heterocycles. The van der Waals surface area contributed by atoms with Crippen molar-refractivity contribution in [3.05, 3.63) is 176 Å². The second-order valence-corrected chi connectivity index (χ2v) is 15.1. The van der Waals surface area contributed by atoms with E-state index in [0.717, 1.165) is 66.3 Å². The Morgan fingerprint density at radius 2 is 1.02 bits per heavy atom. The lowest BCUT2D eigenvalue weighted by atomic mass is 9.97. The summed E-state index contributed by atoms with van der Waals surface area (Å²) in [6.45, 7) is 0. The Hall–Kier alpha value is -6.88. The third kappa shape index (κ3) is 4.23. The Bertz CT molecular complexity index is 3450. The first-order chi connectivity index (χ1) is 26.8. The molecule has 3 nitrogen and oxygen atoms in total. The highest BCUT2D eigenvalue weighted by Gasteiger charge is 2.24. The van der Waals surface area contributed by atoms with E-state index in [0.29, 0.717) is 0 Å². The summed E-state index contributed by atoms with van der Waals surface area (Å²) in [5.74, 6) is 0. The van der Waals surface area contributed by atoms with Gasteiger partial charge in [0.25, 0.3) is 0 Å². The monoisotopic (exact) mass is 707 g/mol. The molecule has 9 aromatic carbocycles. The van der Waals surface area contributed by atoms with E-state index >= 15 is 0 Å². The average Bonchev–Trinajstić information content (AvgIpc) is 3.93. The first-order valence-electron chi connectivity index (χ1n) is 18.3. The van der Waals surface area contributed by atoms with Crippen LogP contribution in [0.3, 0.4) is 0 Å². The lowest BCUT2D eigenvalue weighted by molar-refractivity contribution is 0.669. The van der Waals surface area contributed by atoms with Gasteiger partial charge in [0.1, 0.15) is 22.3 Å². The highest BCUT2D eigenvalue weighted by molar-refractivity contribution is 7.26. The largest absolute Gasteiger partial charge is 0.456 e. The van der Waals surface area contributed by atoms with Crippen LogP contribution in [0.25, 0.3) is 96.7 Å². The minimum absolute atomic E-state index is 0.864. The first kappa shape index (κ1) is 29.7. The minimum atomic E-state index is 0.864. The predicted octanol–water partition coefficient (Wildman–Crippen LogP) is 15.3. The molecule has 0 aliphatic heterocycles. The van der Waals surface area contributed by atoms with Gasteiger partial charge in [0.15, 0.2) is 0 Å². The van der Waals surface area contributed by atoms with E-state index in [-0.39, 0.29) is 0 Å². The van der Waals surface area contributed by atoms with Gasteiger partial charge in [0.2, 0.25) is 0 Å². The van der Waals surface area contributed by atoms with Crippen molar-refractivity contribution < 1.29 is 8.83 Å². The number of furan rings is 2. The molecule has 0 aliphatic carbocycles. The lowest BCUT2D eigenvalue weighted by Crippen LogP contribution is -2.10. The highest BCUT2D eigenvalue weighted by Crippen LogP contribution is 2.51. The van der Waals surface area contributed by atoms with Gasteiger partial charge < -0.3 is 13.7 Å². The molecule has 12 rings (SSSR count). The van der Waals surface area contributed by atoms with Crippen LogP contribution in [0, 0.1) is 0 Å². The van der Waals surface area contributed by atoms with Crippen LogP contribution in [-0.2, 0) is 0 Å². The maximum absolute atomic E-state index is 6.72. The number of rotatable bonds is 4. The zero-order chi connectivity index (χ0) is 35.3. The molecule has 0 unspecified atom stereocenters. The topological polar surface area (TPSA) is 29.5 Å². The second-order valence-electron chi connectivity index (χ2n) is 14.0. The Morgan fingerprint density at radius 3 is 1.89 bits per heavy atom. The SMILES string of the molecule is c1ccc2c(-c3ccc(N(c4cccc5oc6ccccc6c45)c4cccc5sc6ccc7oc8c9ccccc9ccc8c7c6c45)cc3)cccc2c1. The summed E-state index contributed by atoms with van der Waals surface area (Å²) < 4.78 is 15.7. The van der Waals surface area contributed by atoms with Crippen molar-refractivity contribution in [2.24, 2.45) is 0 Å². The van der Waals surface area contributed by atoms with Gasteiger partial charge in [-0.3, -0.25) is 0 Å². The Morgan fingerprint density at radius 1 is 0.370 bits per heavy atom. The maximum Gasteiger partial charge on any atom is 0.143 e. The summed E-state index contributed by atoms with van der Waals surface area (Å²) in [7, 11) is 0. The van der Waals surface area contributed by atoms with Gasteiger partial charge >= 0.3 is 0 Å². The summed E-state index contributed by atoms with van der Waals surface area (Å²) in [5.41, 5.74) is 9.23. The van der Waals surface area contributed by atoms with Crippen molar-refractivity contribution in [3.8, 4) is 11.1 Å². The molecular formula is C50H29NO2S. The van der Waals surface area contributed by atoms with E-state index in [1.165, 1.54) is 47.5 Å². The maximum atomic E-state index is 6.72. The number of anilines is 3. The Kier molecular flexibility index (Phi) is 6.21. The normalized spacial score (nSPS) is 12.1. The third-order valence-corrected chi connectivity index (χ3v) is 12.2. The summed E-state index contributed by atoms with van der Waals surface area (Å²) in [4.78, 5) is 2.43. The predicted molar refractivity (Wildman–Crippen MR) is 229 cm³/mol. The number of fused-ring (bicyclic) bond motifs is 13. The number of thiophene rings is 1. The molecule has 0 atom stereocenters. The first-order valence-corrected chi connectivity index (χ1v) is 19.1. The molecule has 0 saturated carbocycles. The van der Waals surface area contributed by atoms with E-state index < -0.39 is 0 Å². The zero-order valence-electron chi connectivity index (χ0n) is 28.9. The van der Waals surface area contributed by atoms with E-state index in [1.807, 2.05) is 17.4 Å². The number of benzene rings is 9. The fourth-order valence-electron chi connectivity index (χ4n) is 8.69. The molecule has 0 aliphatic rings. The molecule has 54 heavy (non-hydrogen) atoms. The van der Waals surface area contributed by atoms with Crippen LogP contribution in [0.5, 0.6) is 0 Å². The molecule has 0 amide bonds. The molecule has 0 fully saturated rings. The molecule has 0 spiro atoms. The average molecular weight is 708 g/mol. The van der Waals surface area contributed by atoms with Gasteiger partial charge in [-0.25, -0.2) is 0 Å². The van der Waals surface area contributed by atoms with Gasteiger partial charge in [-0.2, -0.15) is 0 Å². The van der Waals surface area contributed by atoms with Crippen molar-refractivity contribution in [2.75, 3.05) is 4.90 Å². The van der Waals surface area contributed by atoms with E-state index in [1.54, 1.807) is 0 Å². The fraction of sp³-hybridized carbons (Fsp3) is 0. The number of nitrogens with zero attached hydrogens (tertiary/aromatic N) is 1. The van der Waals surface area contributed by atoms with E-state index in [2.05, 4.69) is 175 Å². The van der Waals surface area contributed by atoms with Crippen molar-refractivity contribution >= 4 is 114 Å². The van der Waals surface area contributed by atoms with Crippen molar-refractivity contribution in [3.63, 3.8) is 0 Å². The highest BCUT2D eigenvalue weighted by atomic mass is 32.1. The van der Waals surface area contributed by atoms with Crippen molar-refractivity contribution in [2.45, 2.75) is 0 Å². The van der Waals surface area contributed by atoms with Crippen LogP contribution in [-0.4, -0.2) is 0 Å². The summed E-state index contributed by atoms with van der Waals surface area (Å²) in [6.07, 6.45) is 0. The molecular weight excluding hydrogens is 679 g/mol. The quantitative estimate of drug-likeness (QED) is 0.182. The molecule has 4 heteroatoms. The molecule has 0 N–H and O–H groups in total. The Balaban J connectivity index is 1.17. The summed E-state index contributed by atoms with van der Waals surface area (Å²) in [6, 6.07) is 63.0. The lowest BCUT2D eigenvalue weighted by Gasteiger charge is -2.27. The standard InChI is InChI=1S/C50H29NO2S/c1-3-13-34-30(10-1)12-7-16-35(34)32-22-25-33(26-23-32)51(39-17-8-20-42-46(39)37-15-5-6-19-41(37)52-42)40-18-9-21-44-48(40)49-45(54-44)29-28-43-47(49)38-27-24-31-11-2-4-14-36(31)50(38)53-43/h1-29H. The van der Waals surface area contributed by atoms with Gasteiger partial charge in [-0.15, -0.1) is 11.3 Å². The number of para-hydroxylation sites is 1. The molecule has 252 valence electrons. The van der Waals surface area contributed by atoms with Crippen LogP contribution in [0.15, 0.2) is 185 Å². The van der Waals surface area contributed by atoms with Gasteiger partial charge in [-0.05, 0) is 87.9 Å². The van der Waals surface area contributed by atoms with Crippen LogP contribution >= 0.6 is 11.3 Å². The van der Waals surface area contributed by atoms with Crippen molar-refractivity contribution in [1.82, 2.24) is 0 Å². The van der Waals surface area contributed by atoms with Gasteiger partial charge in [0.05, 0.1) is 16.8 Å². The van der Waals surface area contributed by atoms with E-state index in [9.17, 15) is 0 Å². The fourth-order valence-corrected chi connectivity index (χ4v) is 9.82. The molecule has 3 heterocycles. The van der Waals surface area contributed by atoms with Crippen LogP contribution in [0.2, 0.25) is 0 Å². The number of hydrogen-bond acceptors (Lipinski definition) is 4. The van der Waals surface area contributed by atoms with E-state index in [4.69, 9.17) is 8.83 Å². The smallest absolute Gasteiger partial charge is 0.143 e. The van der Waals surface area contributed by atoms with Crippen LogP contribution < -0.4 is 4.90 Å². The van der Waals surface area contributed by atoms with Crippen LogP contribution in [0.4, 0.5) is 17.1 Å². The van der Waals surface area contributed by atoms with Crippen molar-refractivity contribution in [1.29, 1.82) is 0 Å². The summed E-state index contributed by atoms with van der Waals surface area (Å²) in [5, 5.41) is 11.7. The second kappa shape index (κ2) is 11.3. The molecule has 0 bridgehead atoms. The molecule has 12 aromatic rings. The summed E-state index contributed by atoms with van der Waals surface area (Å²) >= 11 is 1.84. The molecule has 0 radical (unpaired) electrons. The molecule has 0 saturated heterocycles.